The van der Waals surface area contributed by atoms with Crippen molar-refractivity contribution >= 4 is 35.0 Å². The van der Waals surface area contributed by atoms with Crippen LogP contribution in [0.4, 0.5) is 26.7 Å². The van der Waals surface area contributed by atoms with Crippen molar-refractivity contribution in [2.24, 2.45) is 5.92 Å². The molecule has 4 N–H and O–H groups in total. The van der Waals surface area contributed by atoms with Crippen molar-refractivity contribution < 1.29 is 14.4 Å². The molecule has 0 unspecified atom stereocenters. The third kappa shape index (κ3) is 6.83. The van der Waals surface area contributed by atoms with Crippen LogP contribution in [-0.2, 0) is 4.79 Å². The molecule has 0 aromatic heterocycles. The molecule has 1 aliphatic rings. The van der Waals surface area contributed by atoms with E-state index >= 15 is 0 Å². The minimum Gasteiger partial charge on any atom is -0.352 e. The van der Waals surface area contributed by atoms with Crippen LogP contribution in [0.3, 0.4) is 0 Å². The van der Waals surface area contributed by atoms with Crippen molar-refractivity contribution in [3.05, 3.63) is 66.2 Å². The largest absolute Gasteiger partial charge is 0.352 e. The van der Waals surface area contributed by atoms with Gasteiger partial charge in [0.25, 0.3) is 0 Å². The first-order chi connectivity index (χ1) is 15.9. The summed E-state index contributed by atoms with van der Waals surface area (Å²) in [4.78, 5) is 38.6. The van der Waals surface area contributed by atoms with Gasteiger partial charge in [-0.15, -0.1) is 6.58 Å². The van der Waals surface area contributed by atoms with E-state index in [0.717, 1.165) is 16.8 Å². The molecule has 0 aliphatic carbocycles. The van der Waals surface area contributed by atoms with Crippen molar-refractivity contribution in [2.75, 3.05) is 35.6 Å². The number of nitrogens with one attached hydrogen (secondary N) is 4. The summed E-state index contributed by atoms with van der Waals surface area (Å²) in [5, 5.41) is 11.3. The molecule has 2 aromatic rings. The molecule has 5 amide bonds. The van der Waals surface area contributed by atoms with Gasteiger partial charge in [0.15, 0.2) is 0 Å². The highest BCUT2D eigenvalue weighted by Gasteiger charge is 2.27. The molecule has 1 fully saturated rings. The van der Waals surface area contributed by atoms with Gasteiger partial charge in [-0.3, -0.25) is 4.79 Å². The Kier molecular flexibility index (Phi) is 8.07. The first kappa shape index (κ1) is 23.8. The molecule has 174 valence electrons. The van der Waals surface area contributed by atoms with Gasteiger partial charge in [0.1, 0.15) is 0 Å². The Morgan fingerprint density at radius 1 is 0.909 bits per heavy atom. The number of anilines is 3. The van der Waals surface area contributed by atoms with Crippen molar-refractivity contribution in [3.8, 4) is 0 Å². The minimum atomic E-state index is -0.338. The van der Waals surface area contributed by atoms with E-state index in [1.54, 1.807) is 35.2 Å². The second-order valence-corrected chi connectivity index (χ2v) is 8.18. The standard InChI is InChI=1S/C25H31N5O3/c1-4-13-26-23(31)19-11-14-30(15-12-19)25(33)29-21-9-7-20(8-10-21)27-24(32)28-22-6-5-17(2)18(3)16-22/h4-10,16,19H,1,11-15H2,2-3H3,(H,26,31)(H,29,33)(H2,27,28,32). The molecule has 8 heteroatoms. The molecule has 0 radical (unpaired) electrons. The van der Waals surface area contributed by atoms with Gasteiger partial charge in [0.05, 0.1) is 0 Å². The van der Waals surface area contributed by atoms with Crippen LogP contribution in [0.2, 0.25) is 0 Å². The first-order valence-corrected chi connectivity index (χ1v) is 11.1. The van der Waals surface area contributed by atoms with Crippen molar-refractivity contribution in [3.63, 3.8) is 0 Å². The Morgan fingerprint density at radius 2 is 1.48 bits per heavy atom. The molecule has 0 bridgehead atoms. The molecular formula is C25H31N5O3. The molecule has 2 aromatic carbocycles. The minimum absolute atomic E-state index is 0.0135. The Labute approximate surface area is 194 Å². The molecule has 8 nitrogen and oxygen atoms in total. The van der Waals surface area contributed by atoms with E-state index in [2.05, 4.69) is 27.8 Å². The zero-order valence-electron chi connectivity index (χ0n) is 19.1. The number of amides is 5. The maximum atomic E-state index is 12.6. The van der Waals surface area contributed by atoms with E-state index in [9.17, 15) is 14.4 Å². The summed E-state index contributed by atoms with van der Waals surface area (Å²) in [5.41, 5.74) is 4.23. The van der Waals surface area contributed by atoms with Gasteiger partial charge in [-0.05, 0) is 74.2 Å². The zero-order valence-corrected chi connectivity index (χ0v) is 19.1. The maximum Gasteiger partial charge on any atom is 0.323 e. The van der Waals surface area contributed by atoms with Crippen LogP contribution in [0.1, 0.15) is 24.0 Å². The Bertz CT molecular complexity index is 1010. The lowest BCUT2D eigenvalue weighted by Gasteiger charge is -2.31. The maximum absolute atomic E-state index is 12.6. The summed E-state index contributed by atoms with van der Waals surface area (Å²) in [6, 6.07) is 12.1. The lowest BCUT2D eigenvalue weighted by Crippen LogP contribution is -2.44. The molecule has 1 saturated heterocycles. The topological polar surface area (TPSA) is 103 Å². The quantitative estimate of drug-likeness (QED) is 0.489. The zero-order chi connectivity index (χ0) is 23.8. The molecule has 0 spiro atoms. The summed E-state index contributed by atoms with van der Waals surface area (Å²) in [5.74, 6) is -0.0612. The smallest absolute Gasteiger partial charge is 0.323 e. The number of piperidine rings is 1. The van der Waals surface area contributed by atoms with Crippen molar-refractivity contribution in [1.82, 2.24) is 10.2 Å². The monoisotopic (exact) mass is 449 g/mol. The summed E-state index contributed by atoms with van der Waals surface area (Å²) in [6.07, 6.45) is 2.92. The van der Waals surface area contributed by atoms with Gasteiger partial charge in [-0.2, -0.15) is 0 Å². The first-order valence-electron chi connectivity index (χ1n) is 11.1. The van der Waals surface area contributed by atoms with Crippen LogP contribution in [0.5, 0.6) is 0 Å². The molecule has 33 heavy (non-hydrogen) atoms. The number of benzene rings is 2. The summed E-state index contributed by atoms with van der Waals surface area (Å²) >= 11 is 0. The predicted molar refractivity (Wildman–Crippen MR) is 132 cm³/mol. The number of carbonyl (C=O) groups is 3. The van der Waals surface area contributed by atoms with Crippen LogP contribution in [0.25, 0.3) is 0 Å². The van der Waals surface area contributed by atoms with Crippen LogP contribution in [0, 0.1) is 19.8 Å². The second-order valence-electron chi connectivity index (χ2n) is 8.18. The number of nitrogens with zero attached hydrogens (tertiary/aromatic N) is 1. The van der Waals surface area contributed by atoms with E-state index < -0.39 is 0 Å². The van der Waals surface area contributed by atoms with Crippen molar-refractivity contribution in [2.45, 2.75) is 26.7 Å². The second kappa shape index (κ2) is 11.2. The number of likely N-dealkylation sites (tertiary alicyclic amines) is 1. The molecule has 0 atom stereocenters. The molecular weight excluding hydrogens is 418 g/mol. The fourth-order valence-electron chi connectivity index (χ4n) is 3.61. The number of carbonyl (C=O) groups excluding carboxylic acids is 3. The number of hydrogen-bond donors (Lipinski definition) is 4. The van der Waals surface area contributed by atoms with Gasteiger partial charge in [0.2, 0.25) is 5.91 Å². The highest BCUT2D eigenvalue weighted by atomic mass is 16.2. The third-order valence-electron chi connectivity index (χ3n) is 5.73. The highest BCUT2D eigenvalue weighted by Crippen LogP contribution is 2.20. The lowest BCUT2D eigenvalue weighted by atomic mass is 9.96. The SMILES string of the molecule is C=CCNC(=O)C1CCN(C(=O)Nc2ccc(NC(=O)Nc3ccc(C)c(C)c3)cc2)CC1. The fraction of sp³-hybridized carbons (Fsp3) is 0.320. The summed E-state index contributed by atoms with van der Waals surface area (Å²) in [6.45, 7) is 9.11. The molecule has 1 aliphatic heterocycles. The van der Waals surface area contributed by atoms with E-state index in [0.29, 0.717) is 43.9 Å². The van der Waals surface area contributed by atoms with Crippen LogP contribution < -0.4 is 21.3 Å². The molecule has 0 saturated carbocycles. The number of hydrogen-bond acceptors (Lipinski definition) is 3. The van der Waals surface area contributed by atoms with Gasteiger partial charge < -0.3 is 26.2 Å². The lowest BCUT2D eigenvalue weighted by molar-refractivity contribution is -0.126. The molecule has 3 rings (SSSR count). The number of rotatable bonds is 6. The highest BCUT2D eigenvalue weighted by molar-refractivity contribution is 6.00. The average molecular weight is 450 g/mol. The van der Waals surface area contributed by atoms with E-state index in [1.165, 1.54) is 0 Å². The normalized spacial score (nSPS) is 13.7. The van der Waals surface area contributed by atoms with Gasteiger partial charge >= 0.3 is 12.1 Å². The third-order valence-corrected chi connectivity index (χ3v) is 5.73. The number of urea groups is 2. The van der Waals surface area contributed by atoms with Gasteiger partial charge in [-0.1, -0.05) is 12.1 Å². The Hall–Kier alpha value is -3.81. The van der Waals surface area contributed by atoms with Crippen LogP contribution in [0.15, 0.2) is 55.1 Å². The fourth-order valence-corrected chi connectivity index (χ4v) is 3.61. The predicted octanol–water partition coefficient (Wildman–Crippen LogP) is 4.49. The summed E-state index contributed by atoms with van der Waals surface area (Å²) in [7, 11) is 0. The van der Waals surface area contributed by atoms with Crippen LogP contribution >= 0.6 is 0 Å². The Balaban J connectivity index is 1.45. The van der Waals surface area contributed by atoms with Crippen LogP contribution in [-0.4, -0.2) is 42.5 Å². The molecule has 1 heterocycles. The van der Waals surface area contributed by atoms with E-state index in [4.69, 9.17) is 0 Å². The van der Waals surface area contributed by atoms with Crippen molar-refractivity contribution in [1.29, 1.82) is 0 Å². The average Bonchev–Trinajstić information content (AvgIpc) is 2.81. The van der Waals surface area contributed by atoms with Gasteiger partial charge in [-0.25, -0.2) is 9.59 Å². The van der Waals surface area contributed by atoms with Gasteiger partial charge in [0, 0.05) is 42.6 Å². The summed E-state index contributed by atoms with van der Waals surface area (Å²) < 4.78 is 0. The van der Waals surface area contributed by atoms with E-state index in [1.807, 2.05) is 32.0 Å². The van der Waals surface area contributed by atoms with E-state index in [-0.39, 0.29) is 23.9 Å². The Morgan fingerprint density at radius 3 is 2.09 bits per heavy atom. The number of aryl methyl sites for hydroxylation is 2.